The van der Waals surface area contributed by atoms with E-state index in [2.05, 4.69) is 9.71 Å². The van der Waals surface area contributed by atoms with Crippen molar-refractivity contribution in [2.45, 2.75) is 26.3 Å². The van der Waals surface area contributed by atoms with Crippen molar-refractivity contribution in [2.24, 2.45) is 0 Å². The summed E-state index contributed by atoms with van der Waals surface area (Å²) in [5, 5.41) is 18.5. The van der Waals surface area contributed by atoms with Crippen LogP contribution in [0.5, 0.6) is 11.5 Å². The van der Waals surface area contributed by atoms with Crippen LogP contribution >= 0.6 is 0 Å². The Morgan fingerprint density at radius 1 is 1.34 bits per heavy atom. The van der Waals surface area contributed by atoms with E-state index in [-0.39, 0.29) is 48.3 Å². The third kappa shape index (κ3) is 5.73. The van der Waals surface area contributed by atoms with E-state index in [0.717, 1.165) is 16.4 Å². The van der Waals surface area contributed by atoms with Crippen molar-refractivity contribution >= 4 is 32.8 Å². The number of nitrogens with zero attached hydrogens (tertiary/aromatic N) is 4. The Bertz CT molecular complexity index is 1480. The molecule has 0 aliphatic rings. The zero-order valence-corrected chi connectivity index (χ0v) is 19.7. The second kappa shape index (κ2) is 10.5. The van der Waals surface area contributed by atoms with Crippen LogP contribution in [0, 0.1) is 17.1 Å². The Hall–Kier alpha value is -4.02. The van der Waals surface area contributed by atoms with Crippen molar-refractivity contribution in [3.8, 4) is 17.6 Å². The van der Waals surface area contributed by atoms with Gasteiger partial charge in [0.05, 0.1) is 22.9 Å². The van der Waals surface area contributed by atoms with Crippen LogP contribution in [0.1, 0.15) is 25.3 Å². The van der Waals surface area contributed by atoms with Crippen molar-refractivity contribution in [3.63, 3.8) is 0 Å². The largest absolute Gasteiger partial charge is 0.481 e. The van der Waals surface area contributed by atoms with E-state index in [1.807, 2.05) is 0 Å². The van der Waals surface area contributed by atoms with E-state index in [0.29, 0.717) is 5.52 Å². The fraction of sp³-hybridized carbons (Fsp3) is 0.273. The molecule has 3 rings (SSSR count). The summed E-state index contributed by atoms with van der Waals surface area (Å²) in [6.07, 6.45) is 1.42. The second-order valence-electron chi connectivity index (χ2n) is 7.45. The third-order valence-corrected chi connectivity index (χ3v) is 6.68. The summed E-state index contributed by atoms with van der Waals surface area (Å²) in [5.74, 6) is -2.40. The zero-order chi connectivity index (χ0) is 25.8. The minimum absolute atomic E-state index is 0.0146. The number of anilines is 1. The first-order chi connectivity index (χ1) is 16.6. The third-order valence-electron chi connectivity index (χ3n) is 5.12. The van der Waals surface area contributed by atoms with Crippen molar-refractivity contribution in [1.82, 2.24) is 13.9 Å². The number of rotatable bonds is 10. The Labute approximate surface area is 200 Å². The number of nitriles is 1. The molecule has 1 aromatic heterocycles. The first-order valence-corrected chi connectivity index (χ1v) is 11.9. The Morgan fingerprint density at radius 3 is 2.74 bits per heavy atom. The SMILES string of the molecule is CCN(C)S(=O)(=O)Nc1ccc(F)c(Oc2ccc3ncn(CCCC(=O)O)c(=O)c3c2)c1C#N. The van der Waals surface area contributed by atoms with Crippen molar-refractivity contribution < 1.29 is 27.4 Å². The number of hydrogen-bond acceptors (Lipinski definition) is 7. The zero-order valence-electron chi connectivity index (χ0n) is 18.9. The van der Waals surface area contributed by atoms with Crippen LogP contribution in [-0.4, -0.2) is 46.9 Å². The molecule has 0 bridgehead atoms. The second-order valence-corrected chi connectivity index (χ2v) is 9.23. The normalized spacial score (nSPS) is 11.4. The molecule has 0 amide bonds. The summed E-state index contributed by atoms with van der Waals surface area (Å²) in [6, 6.07) is 8.04. The van der Waals surface area contributed by atoms with Gasteiger partial charge in [0.15, 0.2) is 11.6 Å². The first-order valence-electron chi connectivity index (χ1n) is 10.4. The molecule has 0 aliphatic carbocycles. The van der Waals surface area contributed by atoms with Crippen LogP contribution in [0.15, 0.2) is 41.5 Å². The maximum absolute atomic E-state index is 14.6. The van der Waals surface area contributed by atoms with E-state index < -0.39 is 33.3 Å². The van der Waals surface area contributed by atoms with Gasteiger partial charge in [-0.2, -0.15) is 18.0 Å². The van der Waals surface area contributed by atoms with Gasteiger partial charge in [-0.3, -0.25) is 18.9 Å². The van der Waals surface area contributed by atoms with E-state index in [4.69, 9.17) is 9.84 Å². The number of carbonyl (C=O) groups is 1. The number of carboxylic acid groups (broad SMARTS) is 1. The number of carboxylic acids is 1. The molecule has 2 aromatic carbocycles. The molecule has 0 saturated carbocycles. The lowest BCUT2D eigenvalue weighted by Gasteiger charge is -2.18. The number of nitrogens with one attached hydrogen (secondary N) is 1. The number of aromatic nitrogens is 2. The smallest absolute Gasteiger partial charge is 0.303 e. The van der Waals surface area contributed by atoms with Gasteiger partial charge in [0, 0.05) is 26.6 Å². The Balaban J connectivity index is 1.98. The summed E-state index contributed by atoms with van der Waals surface area (Å²) in [7, 11) is -2.65. The molecule has 0 unspecified atom stereocenters. The molecule has 0 atom stereocenters. The van der Waals surface area contributed by atoms with Gasteiger partial charge in [0.1, 0.15) is 17.4 Å². The molecule has 35 heavy (non-hydrogen) atoms. The predicted molar refractivity (Wildman–Crippen MR) is 125 cm³/mol. The summed E-state index contributed by atoms with van der Waals surface area (Å²) in [6.45, 7) is 1.93. The summed E-state index contributed by atoms with van der Waals surface area (Å²) < 4.78 is 49.5. The number of hydrogen-bond donors (Lipinski definition) is 2. The van der Waals surface area contributed by atoms with Crippen molar-refractivity contribution in [3.05, 3.63) is 58.4 Å². The molecular formula is C22H22FN5O6S. The van der Waals surface area contributed by atoms with Crippen LogP contribution < -0.4 is 15.0 Å². The Morgan fingerprint density at radius 2 is 2.09 bits per heavy atom. The van der Waals surface area contributed by atoms with Gasteiger partial charge in [-0.1, -0.05) is 6.92 Å². The number of benzene rings is 2. The summed E-state index contributed by atoms with van der Waals surface area (Å²) in [5.41, 5.74) is -0.666. The summed E-state index contributed by atoms with van der Waals surface area (Å²) in [4.78, 5) is 27.7. The van der Waals surface area contributed by atoms with Crippen LogP contribution in [0.2, 0.25) is 0 Å². The molecular weight excluding hydrogens is 481 g/mol. The molecule has 0 aliphatic heterocycles. The summed E-state index contributed by atoms with van der Waals surface area (Å²) >= 11 is 0. The first kappa shape index (κ1) is 25.6. The number of aryl methyl sites for hydroxylation is 1. The number of aliphatic carboxylic acids is 1. The highest BCUT2D eigenvalue weighted by molar-refractivity contribution is 7.90. The van der Waals surface area contributed by atoms with E-state index in [9.17, 15) is 27.7 Å². The molecule has 0 spiro atoms. The molecule has 0 saturated heterocycles. The highest BCUT2D eigenvalue weighted by Gasteiger charge is 2.22. The highest BCUT2D eigenvalue weighted by atomic mass is 32.2. The lowest BCUT2D eigenvalue weighted by Crippen LogP contribution is -2.32. The maximum Gasteiger partial charge on any atom is 0.303 e. The number of fused-ring (bicyclic) bond motifs is 1. The van der Waals surface area contributed by atoms with Gasteiger partial charge < -0.3 is 9.84 Å². The van der Waals surface area contributed by atoms with Gasteiger partial charge in [-0.05, 0) is 36.8 Å². The van der Waals surface area contributed by atoms with Crippen LogP contribution in [0.3, 0.4) is 0 Å². The lowest BCUT2D eigenvalue weighted by atomic mass is 10.1. The molecule has 11 nitrogen and oxygen atoms in total. The monoisotopic (exact) mass is 503 g/mol. The van der Waals surface area contributed by atoms with Gasteiger partial charge in [-0.25, -0.2) is 9.37 Å². The van der Waals surface area contributed by atoms with Crippen LogP contribution in [-0.2, 0) is 21.5 Å². The fourth-order valence-electron chi connectivity index (χ4n) is 3.12. The predicted octanol–water partition coefficient (Wildman–Crippen LogP) is 2.67. The van der Waals surface area contributed by atoms with E-state index >= 15 is 0 Å². The number of halogens is 1. The van der Waals surface area contributed by atoms with Crippen molar-refractivity contribution in [2.75, 3.05) is 18.3 Å². The maximum atomic E-state index is 14.6. The molecule has 2 N–H and O–H groups in total. The van der Waals surface area contributed by atoms with Crippen LogP contribution in [0.25, 0.3) is 10.9 Å². The van der Waals surface area contributed by atoms with Gasteiger partial charge in [0.25, 0.3) is 5.56 Å². The quantitative estimate of drug-likeness (QED) is 0.428. The lowest BCUT2D eigenvalue weighted by molar-refractivity contribution is -0.137. The van der Waals surface area contributed by atoms with Crippen LogP contribution in [0.4, 0.5) is 10.1 Å². The molecule has 1 heterocycles. The molecule has 184 valence electrons. The topological polar surface area (TPSA) is 155 Å². The standard InChI is InChI=1S/C22H22FN5O6S/c1-3-27(2)35(32,33)26-19-9-7-17(23)21(16(19)12-24)34-14-6-8-18-15(11-14)22(31)28(13-25-18)10-4-5-20(29)30/h6-9,11,13,26H,3-5,10H2,1-2H3,(H,29,30). The Kier molecular flexibility index (Phi) is 7.68. The van der Waals surface area contributed by atoms with Gasteiger partial charge in [0.2, 0.25) is 0 Å². The average Bonchev–Trinajstić information content (AvgIpc) is 2.82. The molecule has 0 fully saturated rings. The minimum Gasteiger partial charge on any atom is -0.481 e. The number of ether oxygens (including phenoxy) is 1. The van der Waals surface area contributed by atoms with Gasteiger partial charge >= 0.3 is 16.2 Å². The van der Waals surface area contributed by atoms with Crippen molar-refractivity contribution in [1.29, 1.82) is 5.26 Å². The van der Waals surface area contributed by atoms with E-state index in [1.54, 1.807) is 13.0 Å². The van der Waals surface area contributed by atoms with Gasteiger partial charge in [-0.15, -0.1) is 0 Å². The average molecular weight is 504 g/mol. The fourth-order valence-corrected chi connectivity index (χ4v) is 4.06. The molecule has 0 radical (unpaired) electrons. The highest BCUT2D eigenvalue weighted by Crippen LogP contribution is 2.34. The molecule has 3 aromatic rings. The minimum atomic E-state index is -3.99. The van der Waals surface area contributed by atoms with E-state index in [1.165, 1.54) is 36.1 Å². The molecule has 13 heteroatoms.